The van der Waals surface area contributed by atoms with Crippen LogP contribution in [0, 0.1) is 13.8 Å². The first-order valence-electron chi connectivity index (χ1n) is 7.59. The summed E-state index contributed by atoms with van der Waals surface area (Å²) in [6, 6.07) is 7.46. The molecule has 3 rings (SSSR count). The number of rotatable bonds is 6. The van der Waals surface area contributed by atoms with E-state index in [1.54, 1.807) is 6.07 Å². The molecule has 8 heteroatoms. The lowest BCUT2D eigenvalue weighted by Crippen LogP contribution is -2.20. The van der Waals surface area contributed by atoms with Gasteiger partial charge in [0.1, 0.15) is 0 Å². The Balaban J connectivity index is 1.56. The number of ether oxygens (including phenoxy) is 1. The van der Waals surface area contributed by atoms with Gasteiger partial charge in [0, 0.05) is 16.5 Å². The molecule has 25 heavy (non-hydrogen) atoms. The van der Waals surface area contributed by atoms with Gasteiger partial charge in [-0.1, -0.05) is 17.7 Å². The van der Waals surface area contributed by atoms with Crippen molar-refractivity contribution in [1.29, 1.82) is 0 Å². The van der Waals surface area contributed by atoms with Gasteiger partial charge >= 0.3 is 5.97 Å². The molecule has 0 unspecified atom stereocenters. The molecular formula is C17H16N4O3S. The van der Waals surface area contributed by atoms with E-state index in [0.717, 1.165) is 21.5 Å². The van der Waals surface area contributed by atoms with Gasteiger partial charge in [-0.25, -0.2) is 4.79 Å². The maximum Gasteiger partial charge on any atom is 0.330 e. The second-order valence-electron chi connectivity index (χ2n) is 5.56. The highest BCUT2D eigenvalue weighted by Gasteiger charge is 2.14. The standard InChI is InChI=1S/C17H16N4O3S/c1-11-3-4-12(2)14(7-11)15(22)9-24-16(23)8-21-19-17(18-20-21)13-5-6-25-10-13/h3-7,10H,8-9H2,1-2H3. The summed E-state index contributed by atoms with van der Waals surface area (Å²) < 4.78 is 5.04. The fourth-order valence-corrected chi connectivity index (χ4v) is 2.87. The number of carbonyl (C=O) groups is 2. The number of carbonyl (C=O) groups excluding carboxylic acids is 2. The molecule has 0 saturated carbocycles. The molecule has 0 spiro atoms. The van der Waals surface area contributed by atoms with Crippen LogP contribution in [0.25, 0.3) is 11.4 Å². The minimum atomic E-state index is -0.590. The van der Waals surface area contributed by atoms with E-state index in [1.165, 1.54) is 11.3 Å². The molecule has 0 amide bonds. The second kappa shape index (κ2) is 7.35. The second-order valence-corrected chi connectivity index (χ2v) is 6.34. The SMILES string of the molecule is Cc1ccc(C)c(C(=O)COC(=O)Cn2nnc(-c3ccsc3)n2)c1. The van der Waals surface area contributed by atoms with E-state index in [-0.39, 0.29) is 18.9 Å². The number of esters is 1. The van der Waals surface area contributed by atoms with Crippen molar-refractivity contribution in [2.24, 2.45) is 0 Å². The van der Waals surface area contributed by atoms with Gasteiger partial charge in [0.2, 0.25) is 11.6 Å². The van der Waals surface area contributed by atoms with Gasteiger partial charge < -0.3 is 4.74 Å². The Morgan fingerprint density at radius 3 is 2.84 bits per heavy atom. The molecule has 7 nitrogen and oxygen atoms in total. The van der Waals surface area contributed by atoms with Crippen molar-refractivity contribution < 1.29 is 14.3 Å². The zero-order valence-electron chi connectivity index (χ0n) is 13.8. The Morgan fingerprint density at radius 2 is 2.08 bits per heavy atom. The van der Waals surface area contributed by atoms with Gasteiger partial charge in [-0.3, -0.25) is 4.79 Å². The van der Waals surface area contributed by atoms with Gasteiger partial charge in [-0.15, -0.1) is 10.2 Å². The fraction of sp³-hybridized carbons (Fsp3) is 0.235. The van der Waals surface area contributed by atoms with E-state index < -0.39 is 5.97 Å². The van der Waals surface area contributed by atoms with E-state index in [1.807, 2.05) is 42.8 Å². The molecule has 128 valence electrons. The number of tetrazole rings is 1. The van der Waals surface area contributed by atoms with Crippen LogP contribution >= 0.6 is 11.3 Å². The minimum Gasteiger partial charge on any atom is -0.456 e. The van der Waals surface area contributed by atoms with Gasteiger partial charge in [0.15, 0.2) is 13.2 Å². The van der Waals surface area contributed by atoms with Crippen molar-refractivity contribution in [3.63, 3.8) is 0 Å². The monoisotopic (exact) mass is 356 g/mol. The minimum absolute atomic E-state index is 0.197. The highest BCUT2D eigenvalue weighted by atomic mass is 32.1. The largest absolute Gasteiger partial charge is 0.456 e. The Labute approximate surface area is 148 Å². The maximum atomic E-state index is 12.2. The highest BCUT2D eigenvalue weighted by Crippen LogP contribution is 2.16. The maximum absolute atomic E-state index is 12.2. The molecule has 2 heterocycles. The molecule has 0 atom stereocenters. The van der Waals surface area contributed by atoms with Crippen molar-refractivity contribution in [2.45, 2.75) is 20.4 Å². The number of hydrogen-bond acceptors (Lipinski definition) is 7. The highest BCUT2D eigenvalue weighted by molar-refractivity contribution is 7.08. The van der Waals surface area contributed by atoms with Crippen molar-refractivity contribution >= 4 is 23.1 Å². The van der Waals surface area contributed by atoms with Crippen LogP contribution in [0.4, 0.5) is 0 Å². The third kappa shape index (κ3) is 4.16. The molecular weight excluding hydrogens is 340 g/mol. The van der Waals surface area contributed by atoms with E-state index in [9.17, 15) is 9.59 Å². The number of nitrogens with zero attached hydrogens (tertiary/aromatic N) is 4. The molecule has 0 aliphatic carbocycles. The third-order valence-electron chi connectivity index (χ3n) is 3.56. The molecule has 2 aromatic heterocycles. The van der Waals surface area contributed by atoms with Crippen LogP contribution in [0.3, 0.4) is 0 Å². The third-order valence-corrected chi connectivity index (χ3v) is 4.24. The predicted octanol–water partition coefficient (Wildman–Crippen LogP) is 2.44. The number of benzene rings is 1. The number of Topliss-reactive ketones (excluding diaryl/α,β-unsaturated/α-hetero) is 1. The summed E-state index contributed by atoms with van der Waals surface area (Å²) in [4.78, 5) is 25.3. The van der Waals surface area contributed by atoms with Crippen molar-refractivity contribution in [2.75, 3.05) is 6.61 Å². The number of aromatic nitrogens is 4. The number of thiophene rings is 1. The van der Waals surface area contributed by atoms with E-state index >= 15 is 0 Å². The van der Waals surface area contributed by atoms with Crippen molar-refractivity contribution in [3.05, 3.63) is 51.7 Å². The lowest BCUT2D eigenvalue weighted by atomic mass is 10.0. The van der Waals surface area contributed by atoms with Gasteiger partial charge in [-0.05, 0) is 42.1 Å². The lowest BCUT2D eigenvalue weighted by molar-refractivity contribution is -0.143. The van der Waals surface area contributed by atoms with Crippen LogP contribution in [0.2, 0.25) is 0 Å². The molecule has 0 saturated heterocycles. The number of hydrogen-bond donors (Lipinski definition) is 0. The summed E-state index contributed by atoms with van der Waals surface area (Å²) in [7, 11) is 0. The normalized spacial score (nSPS) is 10.6. The van der Waals surface area contributed by atoms with Crippen molar-refractivity contribution in [1.82, 2.24) is 20.2 Å². The lowest BCUT2D eigenvalue weighted by Gasteiger charge is -2.07. The summed E-state index contributed by atoms with van der Waals surface area (Å²) in [6.45, 7) is 3.25. The molecule has 3 aromatic rings. The van der Waals surface area contributed by atoms with Crippen LogP contribution in [0.15, 0.2) is 35.0 Å². The Hall–Kier alpha value is -2.87. The first kappa shape index (κ1) is 17.0. The number of ketones is 1. The summed E-state index contributed by atoms with van der Waals surface area (Å²) >= 11 is 1.52. The zero-order chi connectivity index (χ0) is 17.8. The van der Waals surface area contributed by atoms with Crippen molar-refractivity contribution in [3.8, 4) is 11.4 Å². The molecule has 0 radical (unpaired) electrons. The van der Waals surface area contributed by atoms with Crippen LogP contribution < -0.4 is 0 Å². The average Bonchev–Trinajstić information content (AvgIpc) is 3.26. The number of aryl methyl sites for hydroxylation is 2. The molecule has 0 aliphatic rings. The molecule has 1 aromatic carbocycles. The smallest absolute Gasteiger partial charge is 0.330 e. The Bertz CT molecular complexity index is 903. The summed E-state index contributed by atoms with van der Waals surface area (Å²) in [5, 5.41) is 15.6. The molecule has 0 aliphatic heterocycles. The molecule has 0 fully saturated rings. The van der Waals surface area contributed by atoms with Gasteiger partial charge in [0.25, 0.3) is 0 Å². The quantitative estimate of drug-likeness (QED) is 0.498. The first-order chi connectivity index (χ1) is 12.0. The average molecular weight is 356 g/mol. The molecule has 0 bridgehead atoms. The van der Waals surface area contributed by atoms with Gasteiger partial charge in [-0.2, -0.15) is 16.1 Å². The van der Waals surface area contributed by atoms with E-state index in [0.29, 0.717) is 11.4 Å². The van der Waals surface area contributed by atoms with Crippen LogP contribution in [-0.2, 0) is 16.1 Å². The predicted molar refractivity (Wildman–Crippen MR) is 92.3 cm³/mol. The summed E-state index contributed by atoms with van der Waals surface area (Å²) in [6.07, 6.45) is 0. The topological polar surface area (TPSA) is 87.0 Å². The van der Waals surface area contributed by atoms with E-state index in [2.05, 4.69) is 15.4 Å². The first-order valence-corrected chi connectivity index (χ1v) is 8.53. The van der Waals surface area contributed by atoms with Crippen LogP contribution in [0.1, 0.15) is 21.5 Å². The zero-order valence-corrected chi connectivity index (χ0v) is 14.6. The Kier molecular flexibility index (Phi) is 4.99. The summed E-state index contributed by atoms with van der Waals surface area (Å²) in [5.41, 5.74) is 3.24. The van der Waals surface area contributed by atoms with Gasteiger partial charge in [0.05, 0.1) is 0 Å². The van der Waals surface area contributed by atoms with Crippen LogP contribution in [-0.4, -0.2) is 38.6 Å². The van der Waals surface area contributed by atoms with E-state index in [4.69, 9.17) is 4.74 Å². The summed E-state index contributed by atoms with van der Waals surface area (Å²) in [5.74, 6) is -0.381. The Morgan fingerprint density at radius 1 is 1.24 bits per heavy atom. The van der Waals surface area contributed by atoms with Crippen LogP contribution in [0.5, 0.6) is 0 Å². The fourth-order valence-electron chi connectivity index (χ4n) is 2.24. The molecule has 0 N–H and O–H groups in total.